The molecule has 0 amide bonds. The number of thioether (sulfide) groups is 1. The summed E-state index contributed by atoms with van der Waals surface area (Å²) in [6, 6.07) is 8.25. The minimum Gasteiger partial charge on any atom is -0.392 e. The summed E-state index contributed by atoms with van der Waals surface area (Å²) < 4.78 is 0.964. The van der Waals surface area contributed by atoms with E-state index in [4.69, 9.17) is 5.11 Å². The zero-order valence-electron chi connectivity index (χ0n) is 8.74. The highest BCUT2D eigenvalue weighted by atomic mass is 79.9. The number of rotatable bonds is 3. The van der Waals surface area contributed by atoms with Crippen LogP contribution in [0.3, 0.4) is 0 Å². The Morgan fingerprint density at radius 1 is 1.38 bits per heavy atom. The first-order chi connectivity index (χ1) is 7.74. The Labute approximate surface area is 112 Å². The maximum absolute atomic E-state index is 9.09. The Kier molecular flexibility index (Phi) is 4.08. The fourth-order valence-corrected chi connectivity index (χ4v) is 3.52. The molecule has 1 nitrogen and oxygen atoms in total. The largest absolute Gasteiger partial charge is 0.392 e. The molecule has 84 valence electrons. The maximum atomic E-state index is 9.09. The molecule has 4 heteroatoms. The first-order valence-corrected chi connectivity index (χ1v) is 7.66. The zero-order chi connectivity index (χ0) is 11.5. The molecule has 16 heavy (non-hydrogen) atoms. The van der Waals surface area contributed by atoms with Crippen molar-refractivity contribution in [3.8, 4) is 10.4 Å². The zero-order valence-corrected chi connectivity index (χ0v) is 12.0. The van der Waals surface area contributed by atoms with Gasteiger partial charge in [0.2, 0.25) is 0 Å². The number of benzene rings is 1. The van der Waals surface area contributed by atoms with E-state index in [1.54, 1.807) is 23.1 Å². The van der Waals surface area contributed by atoms with E-state index in [1.165, 1.54) is 15.3 Å². The van der Waals surface area contributed by atoms with E-state index in [2.05, 4.69) is 39.7 Å². The van der Waals surface area contributed by atoms with Crippen LogP contribution in [0.15, 0.2) is 39.0 Å². The highest BCUT2D eigenvalue weighted by Gasteiger charge is 2.05. The standard InChI is InChI=1S/C12H11BrOS2/c1-15-10-5-12(16-7-10)8-2-3-9(6-14)11(13)4-8/h2-5,7,14H,6H2,1H3. The van der Waals surface area contributed by atoms with E-state index < -0.39 is 0 Å². The summed E-state index contributed by atoms with van der Waals surface area (Å²) in [5.74, 6) is 0. The van der Waals surface area contributed by atoms with Crippen LogP contribution < -0.4 is 0 Å². The van der Waals surface area contributed by atoms with Gasteiger partial charge in [0.05, 0.1) is 6.61 Å². The van der Waals surface area contributed by atoms with E-state index in [-0.39, 0.29) is 6.61 Å². The molecule has 0 aliphatic rings. The molecule has 0 unspecified atom stereocenters. The SMILES string of the molecule is CSc1csc(-c2ccc(CO)c(Br)c2)c1. The molecule has 0 saturated heterocycles. The lowest BCUT2D eigenvalue weighted by Crippen LogP contribution is -1.85. The third-order valence-electron chi connectivity index (χ3n) is 2.32. The van der Waals surface area contributed by atoms with Crippen molar-refractivity contribution in [3.63, 3.8) is 0 Å². The smallest absolute Gasteiger partial charge is 0.0692 e. The topological polar surface area (TPSA) is 20.2 Å². The first kappa shape index (κ1) is 12.2. The second kappa shape index (κ2) is 5.36. The number of aliphatic hydroxyl groups is 1. The summed E-state index contributed by atoms with van der Waals surface area (Å²) in [5, 5.41) is 11.3. The average molecular weight is 315 g/mol. The molecule has 0 aliphatic carbocycles. The van der Waals surface area contributed by atoms with Crippen molar-refractivity contribution in [2.75, 3.05) is 6.26 Å². The predicted octanol–water partition coefficient (Wildman–Crippen LogP) is 4.39. The summed E-state index contributed by atoms with van der Waals surface area (Å²) in [4.78, 5) is 2.55. The average Bonchev–Trinajstić information content (AvgIpc) is 2.77. The van der Waals surface area contributed by atoms with Crippen molar-refractivity contribution in [1.29, 1.82) is 0 Å². The molecule has 1 N–H and O–H groups in total. The third-order valence-corrected chi connectivity index (χ3v) is 4.89. The Bertz CT molecular complexity index is 494. The Morgan fingerprint density at radius 3 is 2.75 bits per heavy atom. The molecule has 0 fully saturated rings. The van der Waals surface area contributed by atoms with Crippen LogP contribution >= 0.6 is 39.0 Å². The quantitative estimate of drug-likeness (QED) is 0.848. The molecule has 0 spiro atoms. The Morgan fingerprint density at radius 2 is 2.19 bits per heavy atom. The summed E-state index contributed by atoms with van der Waals surface area (Å²) in [6.07, 6.45) is 2.08. The number of hydrogen-bond donors (Lipinski definition) is 1. The van der Waals surface area contributed by atoms with Crippen LogP contribution in [0.2, 0.25) is 0 Å². The van der Waals surface area contributed by atoms with Crippen molar-refractivity contribution in [1.82, 2.24) is 0 Å². The fraction of sp³-hybridized carbons (Fsp3) is 0.167. The van der Waals surface area contributed by atoms with E-state index in [0.717, 1.165) is 10.0 Å². The van der Waals surface area contributed by atoms with Crippen LogP contribution in [0.4, 0.5) is 0 Å². The highest BCUT2D eigenvalue weighted by Crippen LogP contribution is 2.33. The van der Waals surface area contributed by atoms with Gasteiger partial charge in [-0.2, -0.15) is 0 Å². The second-order valence-corrected chi connectivity index (χ2v) is 5.96. The van der Waals surface area contributed by atoms with Crippen LogP contribution in [0, 0.1) is 0 Å². The predicted molar refractivity (Wildman–Crippen MR) is 75.2 cm³/mol. The molecular weight excluding hydrogens is 304 g/mol. The van der Waals surface area contributed by atoms with Gasteiger partial charge in [-0.15, -0.1) is 23.1 Å². The first-order valence-electron chi connectivity index (χ1n) is 4.77. The Balaban J connectivity index is 2.37. The monoisotopic (exact) mass is 314 g/mol. The molecule has 0 saturated carbocycles. The molecule has 1 aromatic heterocycles. The van der Waals surface area contributed by atoms with Gasteiger partial charge in [-0.05, 0) is 29.5 Å². The number of halogens is 1. The lowest BCUT2D eigenvalue weighted by molar-refractivity contribution is 0.281. The van der Waals surface area contributed by atoms with Gasteiger partial charge >= 0.3 is 0 Å². The fourth-order valence-electron chi connectivity index (χ4n) is 1.41. The molecule has 1 aromatic carbocycles. The van der Waals surface area contributed by atoms with Crippen LogP contribution in [0.1, 0.15) is 5.56 Å². The molecule has 0 atom stereocenters. The third kappa shape index (κ3) is 2.51. The Hall–Kier alpha value is -0.290. The van der Waals surface area contributed by atoms with Gasteiger partial charge < -0.3 is 5.11 Å². The van der Waals surface area contributed by atoms with Gasteiger partial charge in [0.15, 0.2) is 0 Å². The van der Waals surface area contributed by atoms with Crippen LogP contribution in [0.5, 0.6) is 0 Å². The normalized spacial score (nSPS) is 10.7. The van der Waals surface area contributed by atoms with Gasteiger partial charge in [-0.25, -0.2) is 0 Å². The molecular formula is C12H11BrOS2. The minimum atomic E-state index is 0.0708. The lowest BCUT2D eigenvalue weighted by Gasteiger charge is -2.03. The molecule has 2 aromatic rings. The van der Waals surface area contributed by atoms with Crippen LogP contribution in [0.25, 0.3) is 10.4 Å². The van der Waals surface area contributed by atoms with Crippen molar-refractivity contribution in [2.24, 2.45) is 0 Å². The maximum Gasteiger partial charge on any atom is 0.0692 e. The summed E-state index contributed by atoms with van der Waals surface area (Å²) >= 11 is 6.97. The molecule has 0 bridgehead atoms. The highest BCUT2D eigenvalue weighted by molar-refractivity contribution is 9.10. The van der Waals surface area contributed by atoms with Gasteiger partial charge in [0, 0.05) is 19.6 Å². The van der Waals surface area contributed by atoms with E-state index in [0.29, 0.717) is 0 Å². The minimum absolute atomic E-state index is 0.0708. The van der Waals surface area contributed by atoms with Gasteiger partial charge in [-0.3, -0.25) is 0 Å². The van der Waals surface area contributed by atoms with Crippen molar-refractivity contribution in [2.45, 2.75) is 11.5 Å². The second-order valence-electron chi connectivity index (χ2n) is 3.32. The van der Waals surface area contributed by atoms with E-state index in [9.17, 15) is 0 Å². The lowest BCUT2D eigenvalue weighted by atomic mass is 10.1. The molecule has 2 rings (SSSR count). The van der Waals surface area contributed by atoms with Gasteiger partial charge in [-0.1, -0.05) is 28.1 Å². The van der Waals surface area contributed by atoms with Gasteiger partial charge in [0.25, 0.3) is 0 Å². The molecule has 0 aliphatic heterocycles. The summed E-state index contributed by atoms with van der Waals surface area (Å²) in [5.41, 5.74) is 2.11. The van der Waals surface area contributed by atoms with Crippen molar-refractivity contribution in [3.05, 3.63) is 39.7 Å². The molecule has 1 heterocycles. The number of thiophene rings is 1. The van der Waals surface area contributed by atoms with E-state index in [1.807, 2.05) is 12.1 Å². The van der Waals surface area contributed by atoms with Crippen molar-refractivity contribution >= 4 is 39.0 Å². The van der Waals surface area contributed by atoms with E-state index >= 15 is 0 Å². The van der Waals surface area contributed by atoms with Gasteiger partial charge in [0.1, 0.15) is 0 Å². The van der Waals surface area contributed by atoms with Crippen LogP contribution in [-0.4, -0.2) is 11.4 Å². The van der Waals surface area contributed by atoms with Crippen LogP contribution in [-0.2, 0) is 6.61 Å². The summed E-state index contributed by atoms with van der Waals surface area (Å²) in [6.45, 7) is 0.0708. The summed E-state index contributed by atoms with van der Waals surface area (Å²) in [7, 11) is 0. The molecule has 0 radical (unpaired) electrons. The number of aliphatic hydroxyl groups excluding tert-OH is 1. The van der Waals surface area contributed by atoms with Crippen molar-refractivity contribution < 1.29 is 5.11 Å². The number of hydrogen-bond acceptors (Lipinski definition) is 3.